The highest BCUT2D eigenvalue weighted by molar-refractivity contribution is 5.94. The van der Waals surface area contributed by atoms with E-state index in [1.54, 1.807) is 21.8 Å². The van der Waals surface area contributed by atoms with Crippen LogP contribution in [-0.4, -0.2) is 56.1 Å². The van der Waals surface area contributed by atoms with Crippen molar-refractivity contribution in [1.29, 1.82) is 0 Å². The number of aryl methyl sites for hydroxylation is 1. The third-order valence-corrected chi connectivity index (χ3v) is 4.74. The number of aromatic nitrogens is 5. The summed E-state index contributed by atoms with van der Waals surface area (Å²) in [5.74, 6) is 0.250. The Morgan fingerprint density at radius 2 is 2.29 bits per heavy atom. The molecule has 1 amide bonds. The molecule has 3 aromatic rings. The van der Waals surface area contributed by atoms with Gasteiger partial charge in [0.1, 0.15) is 0 Å². The molecule has 146 valence electrons. The Balaban J connectivity index is 1.45. The lowest BCUT2D eigenvalue weighted by molar-refractivity contribution is 0.0786. The van der Waals surface area contributed by atoms with Crippen molar-refractivity contribution in [1.82, 2.24) is 30.0 Å². The van der Waals surface area contributed by atoms with Crippen LogP contribution in [0, 0.1) is 5.82 Å². The fourth-order valence-corrected chi connectivity index (χ4v) is 3.18. The second-order valence-electron chi connectivity index (χ2n) is 6.50. The lowest BCUT2D eigenvalue weighted by atomic mass is 10.2. The van der Waals surface area contributed by atoms with Gasteiger partial charge >= 0.3 is 0 Å². The number of amides is 1. The van der Waals surface area contributed by atoms with Crippen LogP contribution in [0.5, 0.6) is 5.75 Å². The molecular weight excluding hydrogens is 367 g/mol. The number of carbonyl (C=O) groups is 1. The summed E-state index contributed by atoms with van der Waals surface area (Å²) in [5, 5.41) is 12.1. The van der Waals surface area contributed by atoms with E-state index < -0.39 is 5.82 Å². The second-order valence-corrected chi connectivity index (χ2v) is 6.50. The number of hydrogen-bond donors (Lipinski definition) is 0. The first-order chi connectivity index (χ1) is 13.6. The van der Waals surface area contributed by atoms with E-state index in [0.717, 1.165) is 6.42 Å². The SMILES string of the molecule is CCc1noc(-c2cn(C3CCN(C(=O)c4ccc(OC)c(F)c4)C3)nn2)n1. The molecule has 1 aliphatic rings. The number of rotatable bonds is 5. The average Bonchev–Trinajstić information content (AvgIpc) is 3.46. The highest BCUT2D eigenvalue weighted by atomic mass is 19.1. The van der Waals surface area contributed by atoms with Crippen LogP contribution in [0.1, 0.15) is 35.6 Å². The van der Waals surface area contributed by atoms with Crippen molar-refractivity contribution >= 4 is 5.91 Å². The van der Waals surface area contributed by atoms with Gasteiger partial charge in [-0.05, 0) is 24.6 Å². The predicted molar refractivity (Wildman–Crippen MR) is 95.2 cm³/mol. The van der Waals surface area contributed by atoms with Gasteiger partial charge in [-0.1, -0.05) is 17.3 Å². The zero-order valence-electron chi connectivity index (χ0n) is 15.5. The molecule has 0 aliphatic carbocycles. The summed E-state index contributed by atoms with van der Waals surface area (Å²) in [6.07, 6.45) is 3.12. The Labute approximate surface area is 160 Å². The van der Waals surface area contributed by atoms with Gasteiger partial charge in [0, 0.05) is 25.1 Å². The van der Waals surface area contributed by atoms with Crippen LogP contribution in [-0.2, 0) is 6.42 Å². The van der Waals surface area contributed by atoms with Crippen LogP contribution in [0.15, 0.2) is 28.9 Å². The molecule has 9 nitrogen and oxygen atoms in total. The normalized spacial score (nSPS) is 16.5. The van der Waals surface area contributed by atoms with Crippen LogP contribution < -0.4 is 4.74 Å². The standard InChI is InChI=1S/C18H19FN6O3/c1-3-16-20-17(28-22-16)14-10-25(23-21-14)12-6-7-24(9-12)18(26)11-4-5-15(27-2)13(19)8-11/h4-5,8,10,12H,3,6-7,9H2,1-2H3. The molecule has 1 fully saturated rings. The number of halogens is 1. The van der Waals surface area contributed by atoms with Gasteiger partial charge in [0.15, 0.2) is 23.1 Å². The molecule has 1 atom stereocenters. The smallest absolute Gasteiger partial charge is 0.280 e. The summed E-state index contributed by atoms with van der Waals surface area (Å²) in [7, 11) is 1.38. The van der Waals surface area contributed by atoms with Gasteiger partial charge in [-0.15, -0.1) is 5.10 Å². The number of methoxy groups -OCH3 is 1. The van der Waals surface area contributed by atoms with Crippen molar-refractivity contribution in [2.75, 3.05) is 20.2 Å². The summed E-state index contributed by atoms with van der Waals surface area (Å²) in [5.41, 5.74) is 0.783. The Morgan fingerprint density at radius 3 is 3.00 bits per heavy atom. The molecule has 0 spiro atoms. The summed E-state index contributed by atoms with van der Waals surface area (Å²) in [6, 6.07) is 4.19. The van der Waals surface area contributed by atoms with E-state index in [9.17, 15) is 9.18 Å². The lowest BCUT2D eigenvalue weighted by Gasteiger charge is -2.17. The number of benzene rings is 1. The molecule has 1 unspecified atom stereocenters. The van der Waals surface area contributed by atoms with Crippen LogP contribution >= 0.6 is 0 Å². The van der Waals surface area contributed by atoms with Crippen LogP contribution in [0.25, 0.3) is 11.6 Å². The first-order valence-electron chi connectivity index (χ1n) is 8.96. The first-order valence-corrected chi connectivity index (χ1v) is 8.96. The predicted octanol–water partition coefficient (Wildman–Crippen LogP) is 2.13. The van der Waals surface area contributed by atoms with Crippen LogP contribution in [0.3, 0.4) is 0 Å². The van der Waals surface area contributed by atoms with Gasteiger partial charge in [0.25, 0.3) is 11.8 Å². The average molecular weight is 386 g/mol. The zero-order valence-corrected chi connectivity index (χ0v) is 15.5. The molecule has 4 rings (SSSR count). The van der Waals surface area contributed by atoms with E-state index in [1.165, 1.54) is 19.2 Å². The van der Waals surface area contributed by atoms with Gasteiger partial charge in [0.2, 0.25) is 0 Å². The van der Waals surface area contributed by atoms with Gasteiger partial charge < -0.3 is 14.2 Å². The maximum atomic E-state index is 13.9. The topological polar surface area (TPSA) is 99.2 Å². The third-order valence-electron chi connectivity index (χ3n) is 4.74. The maximum absolute atomic E-state index is 13.9. The lowest BCUT2D eigenvalue weighted by Crippen LogP contribution is -2.29. The Morgan fingerprint density at radius 1 is 1.43 bits per heavy atom. The van der Waals surface area contributed by atoms with E-state index in [0.29, 0.717) is 36.9 Å². The summed E-state index contributed by atoms with van der Waals surface area (Å²) < 4.78 is 25.7. The Bertz CT molecular complexity index is 1000. The molecule has 0 radical (unpaired) electrons. The number of likely N-dealkylation sites (tertiary alicyclic amines) is 1. The molecule has 1 aliphatic heterocycles. The van der Waals surface area contributed by atoms with E-state index in [4.69, 9.17) is 9.26 Å². The fraction of sp³-hybridized carbons (Fsp3) is 0.389. The summed E-state index contributed by atoms with van der Waals surface area (Å²) in [4.78, 5) is 18.6. The Hall–Kier alpha value is -3.30. The van der Waals surface area contributed by atoms with E-state index in [1.807, 2.05) is 6.92 Å². The quantitative estimate of drug-likeness (QED) is 0.662. The van der Waals surface area contributed by atoms with Gasteiger partial charge in [-0.25, -0.2) is 9.07 Å². The van der Waals surface area contributed by atoms with Crippen molar-refractivity contribution in [2.24, 2.45) is 0 Å². The van der Waals surface area contributed by atoms with Crippen molar-refractivity contribution in [3.63, 3.8) is 0 Å². The van der Waals surface area contributed by atoms with Crippen molar-refractivity contribution < 1.29 is 18.4 Å². The highest BCUT2D eigenvalue weighted by Crippen LogP contribution is 2.25. The van der Waals surface area contributed by atoms with Crippen LogP contribution in [0.4, 0.5) is 4.39 Å². The van der Waals surface area contributed by atoms with Gasteiger partial charge in [-0.2, -0.15) is 4.98 Å². The molecule has 28 heavy (non-hydrogen) atoms. The molecule has 2 aromatic heterocycles. The summed E-state index contributed by atoms with van der Waals surface area (Å²) >= 11 is 0. The molecule has 1 aromatic carbocycles. The highest BCUT2D eigenvalue weighted by Gasteiger charge is 2.29. The van der Waals surface area contributed by atoms with Gasteiger partial charge in [-0.3, -0.25) is 4.79 Å². The van der Waals surface area contributed by atoms with Crippen LogP contribution in [0.2, 0.25) is 0 Å². The molecule has 0 saturated carbocycles. The molecule has 0 N–H and O–H groups in total. The fourth-order valence-electron chi connectivity index (χ4n) is 3.18. The molecule has 10 heteroatoms. The number of carbonyl (C=O) groups excluding carboxylic acids is 1. The monoisotopic (exact) mass is 386 g/mol. The molecule has 3 heterocycles. The minimum absolute atomic E-state index is 0.0261. The maximum Gasteiger partial charge on any atom is 0.280 e. The van der Waals surface area contributed by atoms with E-state index in [-0.39, 0.29) is 23.3 Å². The van der Waals surface area contributed by atoms with E-state index in [2.05, 4.69) is 20.5 Å². The Kier molecular flexibility index (Phi) is 4.76. The van der Waals surface area contributed by atoms with Crippen molar-refractivity contribution in [2.45, 2.75) is 25.8 Å². The van der Waals surface area contributed by atoms with Crippen molar-refractivity contribution in [3.05, 3.63) is 41.6 Å². The minimum Gasteiger partial charge on any atom is -0.494 e. The second kappa shape index (κ2) is 7.37. The molecular formula is C18H19FN6O3. The van der Waals surface area contributed by atoms with Gasteiger partial charge in [0.05, 0.1) is 19.3 Å². The van der Waals surface area contributed by atoms with Crippen molar-refractivity contribution in [3.8, 4) is 17.3 Å². The largest absolute Gasteiger partial charge is 0.494 e. The molecule has 0 bridgehead atoms. The number of nitrogens with zero attached hydrogens (tertiary/aromatic N) is 6. The first kappa shape index (κ1) is 18.1. The molecule has 1 saturated heterocycles. The minimum atomic E-state index is -0.559. The number of ether oxygens (including phenoxy) is 1. The third kappa shape index (κ3) is 3.32. The summed E-state index contributed by atoms with van der Waals surface area (Å²) in [6.45, 7) is 2.94. The van der Waals surface area contributed by atoms with E-state index >= 15 is 0 Å². The zero-order chi connectivity index (χ0) is 19.7. The number of hydrogen-bond acceptors (Lipinski definition) is 7.